The number of nitrogens with zero attached hydrogens (tertiary/aromatic N) is 2. The van der Waals surface area contributed by atoms with Gasteiger partial charge in [-0.15, -0.1) is 0 Å². The molecule has 1 N–H and O–H groups in total. The van der Waals surface area contributed by atoms with Crippen LogP contribution in [0, 0.1) is 13.8 Å². The number of furan rings is 1. The molecule has 7 heteroatoms. The van der Waals surface area contributed by atoms with E-state index in [0.29, 0.717) is 21.7 Å². The molecule has 1 amide bonds. The van der Waals surface area contributed by atoms with Gasteiger partial charge in [-0.1, -0.05) is 35.9 Å². The molecule has 0 radical (unpaired) electrons. The lowest BCUT2D eigenvalue weighted by molar-refractivity contribution is -0.117. The van der Waals surface area contributed by atoms with Crippen molar-refractivity contribution in [3.05, 3.63) is 112 Å². The zero-order valence-electron chi connectivity index (χ0n) is 20.4. The SMILES string of the molecule is Cc1cc(C)cc(N2C(=O)C(O)=C(C(=O)c3cc4cc(Cl)ccc4o3)C2c2cn(C)c3ccccc23)c1. The third-order valence-electron chi connectivity index (χ3n) is 6.86. The number of hydrogen-bond donors (Lipinski definition) is 1. The molecule has 1 atom stereocenters. The maximum Gasteiger partial charge on any atom is 0.294 e. The summed E-state index contributed by atoms with van der Waals surface area (Å²) < 4.78 is 7.80. The van der Waals surface area contributed by atoms with Crippen LogP contribution in [0.3, 0.4) is 0 Å². The number of fused-ring (bicyclic) bond motifs is 2. The van der Waals surface area contributed by atoms with Crippen LogP contribution in [-0.4, -0.2) is 21.4 Å². The molecule has 3 aromatic carbocycles. The zero-order chi connectivity index (χ0) is 26.0. The Morgan fingerprint density at radius 1 is 1.00 bits per heavy atom. The highest BCUT2D eigenvalue weighted by atomic mass is 35.5. The van der Waals surface area contributed by atoms with Crippen molar-refractivity contribution in [2.75, 3.05) is 4.90 Å². The Balaban J connectivity index is 1.58. The number of rotatable bonds is 4. The smallest absolute Gasteiger partial charge is 0.294 e. The number of aromatic nitrogens is 1. The van der Waals surface area contributed by atoms with Crippen molar-refractivity contribution >= 4 is 50.9 Å². The van der Waals surface area contributed by atoms with E-state index in [-0.39, 0.29) is 11.3 Å². The van der Waals surface area contributed by atoms with Gasteiger partial charge in [0.05, 0.1) is 11.6 Å². The van der Waals surface area contributed by atoms with E-state index in [0.717, 1.165) is 27.6 Å². The molecule has 1 unspecified atom stereocenters. The minimum atomic E-state index is -0.857. The molecule has 0 fully saturated rings. The van der Waals surface area contributed by atoms with Gasteiger partial charge in [0.25, 0.3) is 5.91 Å². The van der Waals surface area contributed by atoms with Crippen molar-refractivity contribution in [3.63, 3.8) is 0 Å². The molecule has 0 saturated heterocycles. The predicted molar refractivity (Wildman–Crippen MR) is 144 cm³/mol. The minimum Gasteiger partial charge on any atom is -0.503 e. The van der Waals surface area contributed by atoms with Gasteiger partial charge in [0.1, 0.15) is 5.58 Å². The second-order valence-corrected chi connectivity index (χ2v) is 9.96. The monoisotopic (exact) mass is 510 g/mol. The van der Waals surface area contributed by atoms with Gasteiger partial charge in [-0.3, -0.25) is 14.5 Å². The number of para-hydroxylation sites is 1. The molecule has 184 valence electrons. The average molecular weight is 511 g/mol. The van der Waals surface area contributed by atoms with E-state index >= 15 is 0 Å². The van der Waals surface area contributed by atoms with E-state index in [4.69, 9.17) is 16.0 Å². The largest absolute Gasteiger partial charge is 0.503 e. The topological polar surface area (TPSA) is 75.7 Å². The van der Waals surface area contributed by atoms with Crippen LogP contribution < -0.4 is 4.90 Å². The van der Waals surface area contributed by atoms with Crippen molar-refractivity contribution in [2.45, 2.75) is 19.9 Å². The number of benzene rings is 3. The summed E-state index contributed by atoms with van der Waals surface area (Å²) in [5, 5.41) is 13.2. The first-order valence-electron chi connectivity index (χ1n) is 11.9. The summed E-state index contributed by atoms with van der Waals surface area (Å²) in [5.41, 5.74) is 4.68. The van der Waals surface area contributed by atoms with Gasteiger partial charge in [0, 0.05) is 45.8 Å². The number of carbonyl (C=O) groups excluding carboxylic acids is 2. The molecule has 0 saturated carbocycles. The summed E-state index contributed by atoms with van der Waals surface area (Å²) in [5.74, 6) is -1.74. The maximum absolute atomic E-state index is 14.0. The molecule has 1 aliphatic heterocycles. The van der Waals surface area contributed by atoms with E-state index in [1.54, 1.807) is 24.3 Å². The Morgan fingerprint density at radius 3 is 2.49 bits per heavy atom. The molecule has 0 bridgehead atoms. The summed E-state index contributed by atoms with van der Waals surface area (Å²) in [7, 11) is 1.91. The number of aliphatic hydroxyl groups is 1. The van der Waals surface area contributed by atoms with Crippen LogP contribution in [0.4, 0.5) is 5.69 Å². The molecule has 0 spiro atoms. The van der Waals surface area contributed by atoms with Crippen LogP contribution in [0.2, 0.25) is 5.02 Å². The van der Waals surface area contributed by atoms with E-state index in [2.05, 4.69) is 0 Å². The van der Waals surface area contributed by atoms with E-state index in [1.807, 2.05) is 74.1 Å². The van der Waals surface area contributed by atoms with Gasteiger partial charge in [-0.25, -0.2) is 0 Å². The van der Waals surface area contributed by atoms with Crippen molar-refractivity contribution in [1.82, 2.24) is 4.57 Å². The summed E-state index contributed by atoms with van der Waals surface area (Å²) in [6, 6.07) is 19.4. The first-order valence-corrected chi connectivity index (χ1v) is 12.2. The van der Waals surface area contributed by atoms with Crippen molar-refractivity contribution in [2.24, 2.45) is 7.05 Å². The second-order valence-electron chi connectivity index (χ2n) is 9.52. The molecule has 6 rings (SSSR count). The molecule has 3 heterocycles. The highest BCUT2D eigenvalue weighted by molar-refractivity contribution is 6.31. The molecular formula is C30H23ClN2O4. The third kappa shape index (κ3) is 3.64. The number of anilines is 1. The summed E-state index contributed by atoms with van der Waals surface area (Å²) in [4.78, 5) is 29.1. The Hall–Kier alpha value is -4.29. The van der Waals surface area contributed by atoms with Gasteiger partial charge in [0.15, 0.2) is 11.5 Å². The molecule has 6 nitrogen and oxygen atoms in total. The quantitative estimate of drug-likeness (QED) is 0.265. The highest BCUT2D eigenvalue weighted by Gasteiger charge is 2.46. The molecule has 5 aromatic rings. The number of amides is 1. The van der Waals surface area contributed by atoms with Crippen LogP contribution in [-0.2, 0) is 11.8 Å². The number of carbonyl (C=O) groups is 2. The Bertz CT molecular complexity index is 1770. The van der Waals surface area contributed by atoms with Crippen LogP contribution in [0.1, 0.15) is 33.3 Å². The second kappa shape index (κ2) is 8.39. The number of hydrogen-bond acceptors (Lipinski definition) is 4. The molecule has 1 aliphatic rings. The molecule has 0 aliphatic carbocycles. The number of Topliss-reactive ketones (excluding diaryl/α,β-unsaturated/α-hetero) is 1. The summed E-state index contributed by atoms with van der Waals surface area (Å²) >= 11 is 6.12. The fraction of sp³-hybridized carbons (Fsp3) is 0.133. The lowest BCUT2D eigenvalue weighted by Gasteiger charge is -2.27. The lowest BCUT2D eigenvalue weighted by atomic mass is 9.94. The Labute approximate surface area is 218 Å². The molecule has 37 heavy (non-hydrogen) atoms. The Morgan fingerprint density at radius 2 is 1.73 bits per heavy atom. The number of halogens is 1. The van der Waals surface area contributed by atoms with E-state index in [1.165, 1.54) is 4.90 Å². The normalized spacial score (nSPS) is 15.9. The van der Waals surface area contributed by atoms with Crippen molar-refractivity contribution in [3.8, 4) is 0 Å². The first kappa shape index (κ1) is 23.1. The summed E-state index contributed by atoms with van der Waals surface area (Å²) in [6.45, 7) is 3.89. The lowest BCUT2D eigenvalue weighted by Crippen LogP contribution is -2.31. The predicted octanol–water partition coefficient (Wildman–Crippen LogP) is 6.98. The van der Waals surface area contributed by atoms with Crippen molar-refractivity contribution in [1.29, 1.82) is 0 Å². The van der Waals surface area contributed by atoms with Crippen molar-refractivity contribution < 1.29 is 19.1 Å². The average Bonchev–Trinajstić information content (AvgIpc) is 3.50. The van der Waals surface area contributed by atoms with Gasteiger partial charge in [0.2, 0.25) is 5.78 Å². The van der Waals surface area contributed by atoms with E-state index in [9.17, 15) is 14.7 Å². The number of ketones is 1. The fourth-order valence-electron chi connectivity index (χ4n) is 5.34. The van der Waals surface area contributed by atoms with Crippen LogP contribution in [0.15, 0.2) is 88.7 Å². The molecule has 2 aromatic heterocycles. The highest BCUT2D eigenvalue weighted by Crippen LogP contribution is 2.45. The number of aryl methyl sites for hydroxylation is 3. The zero-order valence-corrected chi connectivity index (χ0v) is 21.2. The van der Waals surface area contributed by atoms with Crippen LogP contribution in [0.25, 0.3) is 21.9 Å². The van der Waals surface area contributed by atoms with Gasteiger partial charge in [-0.05, 0) is 67.4 Å². The third-order valence-corrected chi connectivity index (χ3v) is 7.10. The maximum atomic E-state index is 14.0. The fourth-order valence-corrected chi connectivity index (χ4v) is 5.52. The standard InChI is InChI=1S/C30H23ClN2O4/c1-16-10-17(2)12-20(11-16)33-27(22-15-32(3)23-7-5-4-6-21(22)23)26(29(35)30(33)36)28(34)25-14-18-13-19(31)8-9-24(18)37-25/h4-15,27,35H,1-3H3. The minimum absolute atomic E-state index is 0.0225. The van der Waals surface area contributed by atoms with Gasteiger partial charge < -0.3 is 14.1 Å². The van der Waals surface area contributed by atoms with Gasteiger partial charge >= 0.3 is 0 Å². The van der Waals surface area contributed by atoms with Crippen LogP contribution in [0.5, 0.6) is 0 Å². The first-order chi connectivity index (χ1) is 17.7. The van der Waals surface area contributed by atoms with E-state index < -0.39 is 23.5 Å². The Kier molecular flexibility index (Phi) is 5.24. The van der Waals surface area contributed by atoms with Gasteiger partial charge in [-0.2, -0.15) is 0 Å². The molecular weight excluding hydrogens is 488 g/mol. The van der Waals surface area contributed by atoms with Crippen LogP contribution >= 0.6 is 11.6 Å². The number of aliphatic hydroxyl groups excluding tert-OH is 1. The summed E-state index contributed by atoms with van der Waals surface area (Å²) in [6.07, 6.45) is 1.91.